The van der Waals surface area contributed by atoms with Gasteiger partial charge in [-0.3, -0.25) is 28.8 Å². The van der Waals surface area contributed by atoms with Crippen LogP contribution in [0.5, 0.6) is 11.5 Å². The van der Waals surface area contributed by atoms with Crippen molar-refractivity contribution < 1.29 is 29.0 Å². The predicted molar refractivity (Wildman–Crippen MR) is 236 cm³/mol. The molecule has 4 heterocycles. The summed E-state index contributed by atoms with van der Waals surface area (Å²) in [5.74, 6) is -4.32. The summed E-state index contributed by atoms with van der Waals surface area (Å²) in [5, 5.41) is 18.4. The number of anilines is 2. The van der Waals surface area contributed by atoms with Crippen LogP contribution in [-0.2, 0) is 39.3 Å². The lowest BCUT2D eigenvalue weighted by Gasteiger charge is -2.49. The number of thiophene rings is 1. The van der Waals surface area contributed by atoms with Gasteiger partial charge in [0.25, 0.3) is 0 Å². The van der Waals surface area contributed by atoms with Gasteiger partial charge in [-0.1, -0.05) is 78.7 Å². The maximum absolute atomic E-state index is 15.3. The van der Waals surface area contributed by atoms with Crippen LogP contribution in [0.4, 0.5) is 11.5 Å². The number of aryl methyl sites for hydroxylation is 3. The van der Waals surface area contributed by atoms with E-state index in [0.29, 0.717) is 33.5 Å². The fourth-order valence-electron chi connectivity index (χ4n) is 10.5. The summed E-state index contributed by atoms with van der Waals surface area (Å²) in [5.41, 5.74) is 4.05. The normalized spacial score (nSPS) is 24.6. The van der Waals surface area contributed by atoms with Crippen molar-refractivity contribution in [2.24, 2.45) is 36.1 Å². The van der Waals surface area contributed by atoms with Crippen molar-refractivity contribution >= 4 is 68.2 Å². The minimum atomic E-state index is -1.37. The highest BCUT2D eigenvalue weighted by Crippen LogP contribution is 2.64. The average molecular weight is 851 g/mol. The second-order valence-corrected chi connectivity index (χ2v) is 18.4. The Morgan fingerprint density at radius 1 is 0.885 bits per heavy atom. The number of imide groups is 2. The number of rotatable bonds is 8. The highest BCUT2D eigenvalue weighted by molar-refractivity contribution is 7.22. The van der Waals surface area contributed by atoms with E-state index >= 15 is 9.59 Å². The van der Waals surface area contributed by atoms with Gasteiger partial charge in [0, 0.05) is 40.4 Å². The number of allylic oxidation sites excluding steroid dienone is 2. The predicted octanol–water partition coefficient (Wildman–Crippen LogP) is 9.55. The summed E-state index contributed by atoms with van der Waals surface area (Å²) >= 11 is 7.92. The number of carbonyl (C=O) groups excluding carboxylic acids is 4. The van der Waals surface area contributed by atoms with Gasteiger partial charge in [0.2, 0.25) is 23.6 Å². The molecule has 6 aromatic rings. The zero-order valence-electron chi connectivity index (χ0n) is 34.1. The van der Waals surface area contributed by atoms with Crippen LogP contribution < -0.4 is 14.5 Å². The van der Waals surface area contributed by atoms with Crippen LogP contribution in [0.3, 0.4) is 0 Å². The lowest BCUT2D eigenvalue weighted by molar-refractivity contribution is -0.131. The highest BCUT2D eigenvalue weighted by atomic mass is 35.5. The third-order valence-corrected chi connectivity index (χ3v) is 15.2. The molecule has 4 aromatic carbocycles. The van der Waals surface area contributed by atoms with E-state index in [1.54, 1.807) is 47.3 Å². The number of phenols is 1. The molecule has 308 valence electrons. The van der Waals surface area contributed by atoms with Crippen molar-refractivity contribution in [3.8, 4) is 22.1 Å². The minimum absolute atomic E-state index is 0.0902. The molecule has 2 saturated heterocycles. The molecule has 1 saturated carbocycles. The number of phenolic OH excluding ortho intramolecular Hbond substituents is 1. The summed E-state index contributed by atoms with van der Waals surface area (Å²) in [6.45, 7) is 6.15. The van der Waals surface area contributed by atoms with Gasteiger partial charge in [0.05, 0.1) is 33.7 Å². The molecule has 4 aliphatic rings. The van der Waals surface area contributed by atoms with Gasteiger partial charge in [-0.15, -0.1) is 11.3 Å². The maximum Gasteiger partial charge on any atom is 0.242 e. The summed E-state index contributed by atoms with van der Waals surface area (Å²) in [6, 6.07) is 29.8. The van der Waals surface area contributed by atoms with Gasteiger partial charge in [0.1, 0.15) is 29.6 Å². The van der Waals surface area contributed by atoms with Crippen LogP contribution >= 0.6 is 22.9 Å². The van der Waals surface area contributed by atoms with Crippen molar-refractivity contribution in [2.75, 3.05) is 9.80 Å². The lowest BCUT2D eigenvalue weighted by atomic mass is 9.51. The standard InChI is InChI=1S/C49H43ClN4O6S/c1-5-27-11-14-30(15-12-27)53-45(56)34-19-18-32-36(42(34)47(53)58)23-37-46(57)54(41-24-38(51-52(41)4)44-26(2)35-21-29(50)13-20-40(35)61-44)48(59)49(37,3)43(32)33-17-16-31(22-39(33)55)60-25-28-9-7-6-8-10-28/h6-18,20-22,24,34,36-37,42-43,55H,5,19,23,25H2,1-4H3. The second kappa shape index (κ2) is 14.6. The number of hydrogen-bond acceptors (Lipinski definition) is 8. The molecular formula is C49H43ClN4O6S. The van der Waals surface area contributed by atoms with Crippen LogP contribution in [0.25, 0.3) is 20.7 Å². The average Bonchev–Trinajstić information content (AvgIpc) is 3.93. The van der Waals surface area contributed by atoms with Crippen molar-refractivity contribution in [1.29, 1.82) is 0 Å². The van der Waals surface area contributed by atoms with E-state index < -0.39 is 46.8 Å². The van der Waals surface area contributed by atoms with E-state index in [1.165, 1.54) is 9.80 Å². The molecule has 3 fully saturated rings. The van der Waals surface area contributed by atoms with Crippen molar-refractivity contribution in [3.63, 3.8) is 0 Å². The first-order chi connectivity index (χ1) is 29.4. The van der Waals surface area contributed by atoms with Crippen LogP contribution in [0.1, 0.15) is 54.9 Å². The molecule has 2 aliphatic heterocycles. The van der Waals surface area contributed by atoms with Gasteiger partial charge in [-0.05, 0) is 97.5 Å². The van der Waals surface area contributed by atoms with E-state index in [2.05, 4.69) is 0 Å². The number of carbonyl (C=O) groups is 4. The smallest absolute Gasteiger partial charge is 0.242 e. The molecular weight excluding hydrogens is 808 g/mol. The number of benzene rings is 4. The monoisotopic (exact) mass is 850 g/mol. The molecule has 2 aliphatic carbocycles. The molecule has 0 bridgehead atoms. The fourth-order valence-corrected chi connectivity index (χ4v) is 11.8. The molecule has 0 radical (unpaired) electrons. The topological polar surface area (TPSA) is 122 Å². The Bertz CT molecular complexity index is 2850. The van der Waals surface area contributed by atoms with Crippen LogP contribution in [-0.4, -0.2) is 38.5 Å². The lowest BCUT2D eigenvalue weighted by Crippen LogP contribution is -2.49. The Hall–Kier alpha value is -6.04. The minimum Gasteiger partial charge on any atom is -0.508 e. The molecule has 6 unspecified atom stereocenters. The van der Waals surface area contributed by atoms with Gasteiger partial charge in [-0.2, -0.15) is 5.10 Å². The first kappa shape index (κ1) is 39.1. The number of hydrogen-bond donors (Lipinski definition) is 1. The third-order valence-electron chi connectivity index (χ3n) is 13.7. The van der Waals surface area contributed by atoms with E-state index in [4.69, 9.17) is 21.4 Å². The van der Waals surface area contributed by atoms with Gasteiger partial charge >= 0.3 is 0 Å². The van der Waals surface area contributed by atoms with Gasteiger partial charge in [0.15, 0.2) is 0 Å². The molecule has 10 rings (SSSR count). The SMILES string of the molecule is CCc1ccc(N2C(=O)C3CC=C4C(CC5C(=O)N(c6cc(-c7sc8ccc(Cl)cc8c7C)nn6C)C(=O)C5(C)C4c4ccc(OCc5ccccc5)cc4O)C3C2=O)cc1. The fraction of sp³-hybridized carbons (Fsp3) is 0.286. The number of aromatic nitrogens is 2. The number of halogens is 1. The zero-order valence-corrected chi connectivity index (χ0v) is 35.7. The van der Waals surface area contributed by atoms with Crippen molar-refractivity contribution in [2.45, 2.75) is 52.6 Å². The number of ether oxygens (including phenoxy) is 1. The molecule has 4 amide bonds. The van der Waals surface area contributed by atoms with E-state index in [0.717, 1.165) is 43.6 Å². The summed E-state index contributed by atoms with van der Waals surface area (Å²) < 4.78 is 8.69. The first-order valence-electron chi connectivity index (χ1n) is 20.7. The second-order valence-electron chi connectivity index (χ2n) is 16.9. The number of aromatic hydroxyl groups is 1. The van der Waals surface area contributed by atoms with E-state index in [-0.39, 0.29) is 37.0 Å². The maximum atomic E-state index is 15.3. The van der Waals surface area contributed by atoms with Crippen molar-refractivity contribution in [3.05, 3.63) is 136 Å². The largest absolute Gasteiger partial charge is 0.508 e. The Morgan fingerprint density at radius 2 is 1.66 bits per heavy atom. The van der Waals surface area contributed by atoms with Gasteiger partial charge < -0.3 is 9.84 Å². The van der Waals surface area contributed by atoms with Crippen molar-refractivity contribution in [1.82, 2.24) is 9.78 Å². The van der Waals surface area contributed by atoms with Crippen LogP contribution in [0, 0.1) is 36.0 Å². The molecule has 1 N–H and O–H groups in total. The Balaban J connectivity index is 1.06. The number of fused-ring (bicyclic) bond motifs is 5. The summed E-state index contributed by atoms with van der Waals surface area (Å²) in [4.78, 5) is 62.7. The zero-order chi connectivity index (χ0) is 42.5. The third kappa shape index (κ3) is 5.99. The summed E-state index contributed by atoms with van der Waals surface area (Å²) in [7, 11) is 1.72. The molecule has 2 aromatic heterocycles. The van der Waals surface area contributed by atoms with E-state index in [9.17, 15) is 14.7 Å². The Morgan fingerprint density at radius 3 is 2.39 bits per heavy atom. The molecule has 10 nitrogen and oxygen atoms in total. The quantitative estimate of drug-likeness (QED) is 0.120. The molecule has 12 heteroatoms. The molecule has 61 heavy (non-hydrogen) atoms. The van der Waals surface area contributed by atoms with Crippen LogP contribution in [0.15, 0.2) is 109 Å². The molecule has 0 spiro atoms. The first-order valence-corrected chi connectivity index (χ1v) is 21.9. The number of amides is 4. The Labute approximate surface area is 362 Å². The number of nitrogens with zero attached hydrogens (tertiary/aromatic N) is 4. The van der Waals surface area contributed by atoms with Crippen LogP contribution in [0.2, 0.25) is 5.02 Å². The van der Waals surface area contributed by atoms with Gasteiger partial charge in [-0.25, -0.2) is 4.90 Å². The highest BCUT2D eigenvalue weighted by Gasteiger charge is 2.68. The van der Waals surface area contributed by atoms with E-state index in [1.807, 2.05) is 99.6 Å². The molecule has 6 atom stereocenters. The summed E-state index contributed by atoms with van der Waals surface area (Å²) in [6.07, 6.45) is 3.28. The Kier molecular flexibility index (Phi) is 9.34.